The normalized spacial score (nSPS) is 16.1. The summed E-state index contributed by atoms with van der Waals surface area (Å²) >= 11 is 0. The number of nitrogens with zero attached hydrogens (tertiary/aromatic N) is 2. The molecule has 0 aromatic heterocycles. The minimum atomic E-state index is -0.340. The van der Waals surface area contributed by atoms with Gasteiger partial charge in [-0.3, -0.25) is 9.59 Å². The Bertz CT molecular complexity index is 1280. The van der Waals surface area contributed by atoms with Gasteiger partial charge in [0.25, 0.3) is 11.8 Å². The Kier molecular flexibility index (Phi) is 5.70. The zero-order chi connectivity index (χ0) is 23.8. The Morgan fingerprint density at radius 1 is 0.706 bits per heavy atom. The summed E-state index contributed by atoms with van der Waals surface area (Å²) in [6.45, 7) is 8.16. The van der Waals surface area contributed by atoms with Gasteiger partial charge in [0.05, 0.1) is 11.3 Å². The second kappa shape index (κ2) is 8.82. The van der Waals surface area contributed by atoms with E-state index in [4.69, 9.17) is 0 Å². The number of imide groups is 1. The average molecular weight is 452 g/mol. The van der Waals surface area contributed by atoms with Crippen molar-refractivity contribution in [1.29, 1.82) is 0 Å². The van der Waals surface area contributed by atoms with Gasteiger partial charge in [-0.15, -0.1) is 0 Å². The highest BCUT2D eigenvalue weighted by Crippen LogP contribution is 2.35. The van der Waals surface area contributed by atoms with Crippen LogP contribution in [-0.4, -0.2) is 24.9 Å². The van der Waals surface area contributed by atoms with Gasteiger partial charge >= 0.3 is 0 Å². The highest BCUT2D eigenvalue weighted by atomic mass is 16.2. The zero-order valence-electron chi connectivity index (χ0n) is 19.9. The number of nitrogens with one attached hydrogen (secondary N) is 1. The molecule has 34 heavy (non-hydrogen) atoms. The highest BCUT2D eigenvalue weighted by Gasteiger charge is 2.40. The monoisotopic (exact) mass is 451 g/mol. The fraction of sp³-hybridized carbons (Fsp3) is 0.241. The topological polar surface area (TPSA) is 52.7 Å². The van der Waals surface area contributed by atoms with Crippen LogP contribution in [0.1, 0.15) is 35.1 Å². The second-order valence-corrected chi connectivity index (χ2v) is 9.20. The van der Waals surface area contributed by atoms with Gasteiger partial charge in [0.1, 0.15) is 5.70 Å². The molecule has 0 spiro atoms. The number of anilines is 3. The van der Waals surface area contributed by atoms with Crippen LogP contribution < -0.4 is 15.1 Å². The Morgan fingerprint density at radius 2 is 1.35 bits per heavy atom. The molecule has 172 valence electrons. The van der Waals surface area contributed by atoms with E-state index in [1.54, 1.807) is 0 Å². The third kappa shape index (κ3) is 3.98. The molecule has 0 atom stereocenters. The maximum absolute atomic E-state index is 13.6. The van der Waals surface area contributed by atoms with E-state index >= 15 is 0 Å². The standard InChI is InChI=1S/C29H29N3O2/c1-19-6-9-22(10-7-19)26-27(30-23-11-14-24(15-12-23)31-16-4-5-17-31)29(34)32(28(26)33)25-13-8-20(2)21(3)18-25/h6-15,18,30H,4-5,16-17H2,1-3H3. The lowest BCUT2D eigenvalue weighted by Gasteiger charge is -2.18. The number of amides is 2. The van der Waals surface area contributed by atoms with Crippen molar-refractivity contribution in [2.24, 2.45) is 0 Å². The number of carbonyl (C=O) groups is 2. The predicted molar refractivity (Wildman–Crippen MR) is 138 cm³/mol. The van der Waals surface area contributed by atoms with Crippen molar-refractivity contribution >= 4 is 34.4 Å². The molecule has 1 saturated heterocycles. The van der Waals surface area contributed by atoms with Gasteiger partial charge in [-0.05, 0) is 86.7 Å². The first-order valence-electron chi connectivity index (χ1n) is 11.8. The number of carbonyl (C=O) groups excluding carboxylic acids is 2. The van der Waals surface area contributed by atoms with E-state index in [-0.39, 0.29) is 11.8 Å². The summed E-state index contributed by atoms with van der Waals surface area (Å²) in [5.41, 5.74) is 7.23. The molecule has 5 heteroatoms. The van der Waals surface area contributed by atoms with Crippen molar-refractivity contribution in [1.82, 2.24) is 0 Å². The number of aryl methyl sites for hydroxylation is 3. The van der Waals surface area contributed by atoms with Gasteiger partial charge in [-0.2, -0.15) is 0 Å². The number of rotatable bonds is 5. The maximum Gasteiger partial charge on any atom is 0.282 e. The van der Waals surface area contributed by atoms with Gasteiger partial charge in [0, 0.05) is 24.5 Å². The van der Waals surface area contributed by atoms with Gasteiger partial charge in [0.15, 0.2) is 0 Å². The molecule has 1 N–H and O–H groups in total. The molecule has 3 aromatic carbocycles. The quantitative estimate of drug-likeness (QED) is 0.513. The van der Waals surface area contributed by atoms with Crippen LogP contribution in [0.2, 0.25) is 0 Å². The van der Waals surface area contributed by atoms with E-state index in [0.717, 1.165) is 41.0 Å². The molecule has 0 aliphatic carbocycles. The van der Waals surface area contributed by atoms with E-state index in [0.29, 0.717) is 17.0 Å². The van der Waals surface area contributed by atoms with Gasteiger partial charge in [-0.1, -0.05) is 35.9 Å². The summed E-state index contributed by atoms with van der Waals surface area (Å²) in [5.74, 6) is -0.652. The largest absolute Gasteiger partial charge is 0.372 e. The van der Waals surface area contributed by atoms with Crippen molar-refractivity contribution in [3.63, 3.8) is 0 Å². The lowest BCUT2D eigenvalue weighted by molar-refractivity contribution is -0.120. The van der Waals surface area contributed by atoms with Crippen molar-refractivity contribution in [2.75, 3.05) is 28.2 Å². The molecule has 2 aliphatic heterocycles. The fourth-order valence-electron chi connectivity index (χ4n) is 4.61. The molecule has 3 aromatic rings. The Morgan fingerprint density at radius 3 is 2.00 bits per heavy atom. The van der Waals surface area contributed by atoms with E-state index in [1.165, 1.54) is 23.4 Å². The summed E-state index contributed by atoms with van der Waals surface area (Å²) in [5, 5.41) is 3.28. The maximum atomic E-state index is 13.6. The van der Waals surface area contributed by atoms with E-state index in [9.17, 15) is 9.59 Å². The zero-order valence-corrected chi connectivity index (χ0v) is 19.9. The van der Waals surface area contributed by atoms with Crippen LogP contribution in [0.3, 0.4) is 0 Å². The average Bonchev–Trinajstić information content (AvgIpc) is 3.45. The summed E-state index contributed by atoms with van der Waals surface area (Å²) in [6.07, 6.45) is 2.44. The Hall–Kier alpha value is -3.86. The molecule has 2 heterocycles. The minimum Gasteiger partial charge on any atom is -0.372 e. The third-order valence-electron chi connectivity index (χ3n) is 6.78. The second-order valence-electron chi connectivity index (χ2n) is 9.20. The molecule has 2 amide bonds. The van der Waals surface area contributed by atoms with Crippen LogP contribution in [0.25, 0.3) is 5.57 Å². The molecule has 2 aliphatic rings. The third-order valence-corrected chi connectivity index (χ3v) is 6.78. The Labute approximate surface area is 200 Å². The first-order chi connectivity index (χ1) is 16.4. The van der Waals surface area contributed by atoms with E-state index < -0.39 is 0 Å². The smallest absolute Gasteiger partial charge is 0.282 e. The van der Waals surface area contributed by atoms with Crippen LogP contribution in [0.15, 0.2) is 72.4 Å². The predicted octanol–water partition coefficient (Wildman–Crippen LogP) is 5.61. The number of hydrogen-bond acceptors (Lipinski definition) is 4. The highest BCUT2D eigenvalue weighted by molar-refractivity contribution is 6.46. The number of benzene rings is 3. The first kappa shape index (κ1) is 22.0. The van der Waals surface area contributed by atoms with E-state index in [2.05, 4.69) is 22.3 Å². The van der Waals surface area contributed by atoms with Crippen molar-refractivity contribution in [3.8, 4) is 0 Å². The molecular weight excluding hydrogens is 422 g/mol. The summed E-state index contributed by atoms with van der Waals surface area (Å²) in [7, 11) is 0. The van der Waals surface area contributed by atoms with Gasteiger partial charge in [0.2, 0.25) is 0 Å². The molecule has 0 radical (unpaired) electrons. The van der Waals surface area contributed by atoms with Crippen molar-refractivity contribution in [3.05, 3.63) is 94.7 Å². The molecule has 0 bridgehead atoms. The minimum absolute atomic E-state index is 0.306. The molecule has 0 unspecified atom stereocenters. The van der Waals surface area contributed by atoms with Crippen molar-refractivity contribution < 1.29 is 9.59 Å². The van der Waals surface area contributed by atoms with Crippen LogP contribution in [0, 0.1) is 20.8 Å². The Balaban J connectivity index is 1.52. The lowest BCUT2D eigenvalue weighted by Crippen LogP contribution is -2.32. The van der Waals surface area contributed by atoms with Crippen LogP contribution in [0.4, 0.5) is 17.1 Å². The lowest BCUT2D eigenvalue weighted by atomic mass is 10.0. The van der Waals surface area contributed by atoms with Crippen LogP contribution >= 0.6 is 0 Å². The van der Waals surface area contributed by atoms with Crippen LogP contribution in [0.5, 0.6) is 0 Å². The van der Waals surface area contributed by atoms with Gasteiger partial charge < -0.3 is 10.2 Å². The van der Waals surface area contributed by atoms with Crippen LogP contribution in [-0.2, 0) is 9.59 Å². The van der Waals surface area contributed by atoms with Gasteiger partial charge in [-0.25, -0.2) is 4.90 Å². The molecule has 5 nitrogen and oxygen atoms in total. The molecule has 1 fully saturated rings. The summed E-state index contributed by atoms with van der Waals surface area (Å²) in [6, 6.07) is 21.5. The molecule has 0 saturated carbocycles. The van der Waals surface area contributed by atoms with Crippen molar-refractivity contribution in [2.45, 2.75) is 33.6 Å². The number of hydrogen-bond donors (Lipinski definition) is 1. The summed E-state index contributed by atoms with van der Waals surface area (Å²) in [4.78, 5) is 30.9. The fourth-order valence-corrected chi connectivity index (χ4v) is 4.61. The molecule has 5 rings (SSSR count). The SMILES string of the molecule is Cc1ccc(C2=C(Nc3ccc(N4CCCC4)cc3)C(=O)N(c3ccc(C)c(C)c3)C2=O)cc1. The van der Waals surface area contributed by atoms with E-state index in [1.807, 2.05) is 75.4 Å². The first-order valence-corrected chi connectivity index (χ1v) is 11.8. The molecular formula is C29H29N3O2. The summed E-state index contributed by atoms with van der Waals surface area (Å²) < 4.78 is 0.